The summed E-state index contributed by atoms with van der Waals surface area (Å²) in [7, 11) is 0. The molecule has 0 bridgehead atoms. The van der Waals surface area contributed by atoms with Crippen LogP contribution in [-0.2, 0) is 0 Å². The maximum atomic E-state index is 4.70. The van der Waals surface area contributed by atoms with Crippen LogP contribution in [0.5, 0.6) is 0 Å². The lowest BCUT2D eigenvalue weighted by molar-refractivity contribution is 0.682. The molecular weight excluding hydrogens is 302 g/mol. The summed E-state index contributed by atoms with van der Waals surface area (Å²) in [5.74, 6) is 0.531. The molecule has 1 nitrogen and oxygen atoms in total. The molecule has 1 heteroatoms. The summed E-state index contributed by atoms with van der Waals surface area (Å²) in [6.07, 6.45) is 15.8. The van der Waals surface area contributed by atoms with Gasteiger partial charge in [0.25, 0.3) is 0 Å². The van der Waals surface area contributed by atoms with Gasteiger partial charge in [0.05, 0.1) is 5.69 Å². The molecule has 0 N–H and O–H groups in total. The van der Waals surface area contributed by atoms with Crippen LogP contribution in [0, 0.1) is 5.92 Å². The molecule has 1 unspecified atom stereocenters. The third-order valence-corrected chi connectivity index (χ3v) is 4.65. The Hall–Kier alpha value is -2.15. The summed E-state index contributed by atoms with van der Waals surface area (Å²) in [6, 6.07) is 10.6. The molecule has 0 spiro atoms. The van der Waals surface area contributed by atoms with Crippen LogP contribution >= 0.6 is 0 Å². The van der Waals surface area contributed by atoms with E-state index in [1.54, 1.807) is 0 Å². The molecule has 0 saturated heterocycles. The molecule has 0 saturated carbocycles. The first-order valence-corrected chi connectivity index (χ1v) is 9.54. The van der Waals surface area contributed by atoms with Crippen molar-refractivity contribution in [3.05, 3.63) is 72.1 Å². The summed E-state index contributed by atoms with van der Waals surface area (Å²) >= 11 is 0. The van der Waals surface area contributed by atoms with E-state index >= 15 is 0 Å². The van der Waals surface area contributed by atoms with E-state index in [0.717, 1.165) is 18.5 Å². The monoisotopic (exact) mass is 333 g/mol. The van der Waals surface area contributed by atoms with Crippen LogP contribution in [-0.4, -0.2) is 4.98 Å². The van der Waals surface area contributed by atoms with Crippen LogP contribution in [0.4, 0.5) is 0 Å². The number of fused-ring (bicyclic) bond motifs is 1. The Morgan fingerprint density at radius 1 is 1.12 bits per heavy atom. The van der Waals surface area contributed by atoms with Gasteiger partial charge in [-0.05, 0) is 49.6 Å². The minimum absolute atomic E-state index is 0.531. The van der Waals surface area contributed by atoms with Gasteiger partial charge >= 0.3 is 0 Å². The predicted octanol–water partition coefficient (Wildman–Crippen LogP) is 7.36. The lowest BCUT2D eigenvalue weighted by atomic mass is 9.83. The number of allylic oxidation sites excluding steroid dienone is 6. The van der Waals surface area contributed by atoms with Crippen LogP contribution in [0.25, 0.3) is 16.3 Å². The number of hydrogen-bond donors (Lipinski definition) is 0. The Morgan fingerprint density at radius 3 is 2.60 bits per heavy atom. The van der Waals surface area contributed by atoms with Crippen molar-refractivity contribution in [2.75, 3.05) is 0 Å². The predicted molar refractivity (Wildman–Crippen MR) is 112 cm³/mol. The van der Waals surface area contributed by atoms with Crippen molar-refractivity contribution >= 4 is 16.3 Å². The van der Waals surface area contributed by atoms with Gasteiger partial charge in [0.2, 0.25) is 0 Å². The van der Waals surface area contributed by atoms with Gasteiger partial charge in [0.15, 0.2) is 0 Å². The average Bonchev–Trinajstić information content (AvgIpc) is 2.66. The number of aromatic nitrogens is 1. The highest BCUT2D eigenvalue weighted by Crippen LogP contribution is 2.36. The number of benzene rings is 1. The summed E-state index contributed by atoms with van der Waals surface area (Å²) in [6.45, 7) is 8.63. The normalized spacial score (nSPS) is 17.0. The Morgan fingerprint density at radius 2 is 1.88 bits per heavy atom. The van der Waals surface area contributed by atoms with Gasteiger partial charge in [0.1, 0.15) is 0 Å². The molecule has 0 amide bonds. The van der Waals surface area contributed by atoms with Gasteiger partial charge in [-0.2, -0.15) is 0 Å². The molecule has 0 aliphatic heterocycles. The fourth-order valence-electron chi connectivity index (χ4n) is 3.01. The second-order valence-electron chi connectivity index (χ2n) is 6.67. The maximum absolute atomic E-state index is 4.70. The van der Waals surface area contributed by atoms with Crippen molar-refractivity contribution in [1.82, 2.24) is 4.98 Å². The van der Waals surface area contributed by atoms with Crippen LogP contribution in [0.3, 0.4) is 0 Å². The lowest BCUT2D eigenvalue weighted by Crippen LogP contribution is -2.08. The van der Waals surface area contributed by atoms with Gasteiger partial charge in [-0.25, -0.2) is 0 Å². The first-order chi connectivity index (χ1) is 12.2. The molecule has 1 aromatic heterocycles. The molecule has 1 atom stereocenters. The van der Waals surface area contributed by atoms with Gasteiger partial charge in [-0.1, -0.05) is 80.8 Å². The fourth-order valence-corrected chi connectivity index (χ4v) is 3.01. The summed E-state index contributed by atoms with van der Waals surface area (Å²) < 4.78 is 0. The van der Waals surface area contributed by atoms with Crippen molar-refractivity contribution in [3.8, 4) is 0 Å². The van der Waals surface area contributed by atoms with E-state index in [0.29, 0.717) is 5.92 Å². The van der Waals surface area contributed by atoms with Gasteiger partial charge in [-0.15, -0.1) is 0 Å². The topological polar surface area (TPSA) is 12.9 Å². The van der Waals surface area contributed by atoms with Crippen molar-refractivity contribution in [2.24, 2.45) is 5.92 Å². The Labute approximate surface area is 153 Å². The van der Waals surface area contributed by atoms with Crippen LogP contribution in [0.1, 0.15) is 59.1 Å². The molecule has 25 heavy (non-hydrogen) atoms. The van der Waals surface area contributed by atoms with E-state index in [9.17, 15) is 0 Å². The molecule has 0 radical (unpaired) electrons. The lowest BCUT2D eigenvalue weighted by Gasteiger charge is -2.22. The highest BCUT2D eigenvalue weighted by molar-refractivity contribution is 5.93. The van der Waals surface area contributed by atoms with Crippen molar-refractivity contribution in [3.63, 3.8) is 0 Å². The highest BCUT2D eigenvalue weighted by Gasteiger charge is 2.20. The molecule has 132 valence electrons. The summed E-state index contributed by atoms with van der Waals surface area (Å²) in [5.41, 5.74) is 3.87. The van der Waals surface area contributed by atoms with E-state index in [1.807, 2.05) is 6.20 Å². The van der Waals surface area contributed by atoms with E-state index in [1.165, 1.54) is 34.8 Å². The van der Waals surface area contributed by atoms with E-state index in [4.69, 9.17) is 4.98 Å². The van der Waals surface area contributed by atoms with Gasteiger partial charge < -0.3 is 0 Å². The Bertz CT molecular complexity index is 755. The Kier molecular flexibility index (Phi) is 7.66. The van der Waals surface area contributed by atoms with Crippen molar-refractivity contribution < 1.29 is 0 Å². The first kappa shape index (κ1) is 19.2. The average molecular weight is 334 g/mol. The highest BCUT2D eigenvalue weighted by atomic mass is 14.7. The zero-order chi connectivity index (χ0) is 18.1. The van der Waals surface area contributed by atoms with E-state index in [-0.39, 0.29) is 0 Å². The SMILES string of the molecule is CC=CCC1CC=C(C)C=C1c1nccc2ccccc12.CCCC. The molecule has 2 aromatic rings. The molecule has 1 aliphatic rings. The Balaban J connectivity index is 0.000000511. The molecular formula is C24H31N. The van der Waals surface area contributed by atoms with Crippen LogP contribution in [0.15, 0.2) is 66.4 Å². The van der Waals surface area contributed by atoms with Crippen LogP contribution in [0.2, 0.25) is 0 Å². The smallest absolute Gasteiger partial charge is 0.0743 e. The number of hydrogen-bond acceptors (Lipinski definition) is 1. The summed E-state index contributed by atoms with van der Waals surface area (Å²) in [4.78, 5) is 4.70. The molecule has 1 heterocycles. The molecule has 0 fully saturated rings. The molecule has 1 aliphatic carbocycles. The molecule has 1 aromatic carbocycles. The second kappa shape index (κ2) is 9.98. The number of unbranched alkanes of at least 4 members (excludes halogenated alkanes) is 1. The summed E-state index contributed by atoms with van der Waals surface area (Å²) in [5, 5.41) is 2.52. The first-order valence-electron chi connectivity index (χ1n) is 9.54. The number of pyridine rings is 1. The van der Waals surface area contributed by atoms with E-state index in [2.05, 4.69) is 82.3 Å². The zero-order valence-corrected chi connectivity index (χ0v) is 16.1. The third-order valence-electron chi connectivity index (χ3n) is 4.65. The van der Waals surface area contributed by atoms with Crippen molar-refractivity contribution in [2.45, 2.75) is 53.4 Å². The largest absolute Gasteiger partial charge is 0.256 e. The standard InChI is InChI=1S/C20H21N.C4H10/c1-3-4-7-16-11-10-15(2)14-19(16)20-18-9-6-5-8-17(18)12-13-21-20;1-3-4-2/h3-6,8-10,12-14,16H,7,11H2,1-2H3;3-4H2,1-2H3. The number of nitrogens with zero attached hydrogens (tertiary/aromatic N) is 1. The fraction of sp³-hybridized carbons (Fsp3) is 0.375. The number of rotatable bonds is 4. The van der Waals surface area contributed by atoms with Crippen molar-refractivity contribution in [1.29, 1.82) is 0 Å². The minimum Gasteiger partial charge on any atom is -0.256 e. The zero-order valence-electron chi connectivity index (χ0n) is 16.1. The van der Waals surface area contributed by atoms with Gasteiger partial charge in [0, 0.05) is 11.6 Å². The second-order valence-corrected chi connectivity index (χ2v) is 6.67. The van der Waals surface area contributed by atoms with Gasteiger partial charge in [-0.3, -0.25) is 4.98 Å². The van der Waals surface area contributed by atoms with Crippen LogP contribution < -0.4 is 0 Å². The van der Waals surface area contributed by atoms with E-state index < -0.39 is 0 Å². The maximum Gasteiger partial charge on any atom is 0.0743 e. The third kappa shape index (κ3) is 5.16. The minimum atomic E-state index is 0.531. The quantitative estimate of drug-likeness (QED) is 0.533. The molecule has 3 rings (SSSR count).